The maximum Gasteiger partial charge on any atom is 0.419 e. The SMILES string of the molecule is O=C(O)n1ccc(=O)[nH]c1=O.[Zn]. The summed E-state index contributed by atoms with van der Waals surface area (Å²) in [5, 5.41) is 8.30. The van der Waals surface area contributed by atoms with Crippen molar-refractivity contribution in [1.29, 1.82) is 0 Å². The quantitative estimate of drug-likeness (QED) is 0.553. The van der Waals surface area contributed by atoms with E-state index in [0.29, 0.717) is 4.57 Å². The van der Waals surface area contributed by atoms with Gasteiger partial charge >= 0.3 is 11.8 Å². The molecule has 0 amide bonds. The topological polar surface area (TPSA) is 92.2 Å². The van der Waals surface area contributed by atoms with Crippen molar-refractivity contribution in [3.8, 4) is 0 Å². The molecule has 0 spiro atoms. The van der Waals surface area contributed by atoms with E-state index in [1.807, 2.05) is 0 Å². The van der Waals surface area contributed by atoms with Gasteiger partial charge in [0, 0.05) is 31.7 Å². The van der Waals surface area contributed by atoms with Gasteiger partial charge in [-0.3, -0.25) is 9.78 Å². The molecular weight excluding hydrogens is 217 g/mol. The van der Waals surface area contributed by atoms with Gasteiger partial charge in [0.05, 0.1) is 0 Å². The van der Waals surface area contributed by atoms with Crippen molar-refractivity contribution in [3.05, 3.63) is 33.1 Å². The van der Waals surface area contributed by atoms with Crippen LogP contribution in [-0.2, 0) is 19.5 Å². The van der Waals surface area contributed by atoms with E-state index in [1.165, 1.54) is 0 Å². The Morgan fingerprint density at radius 1 is 1.50 bits per heavy atom. The Kier molecular flexibility index (Phi) is 3.56. The molecule has 0 bridgehead atoms. The molecular formula is C5H4N2O4Zn. The molecule has 60 valence electrons. The van der Waals surface area contributed by atoms with Crippen LogP contribution in [0.1, 0.15) is 0 Å². The van der Waals surface area contributed by atoms with Crippen LogP contribution >= 0.6 is 0 Å². The molecule has 0 unspecified atom stereocenters. The van der Waals surface area contributed by atoms with Crippen LogP contribution in [0, 0.1) is 0 Å². The molecule has 6 nitrogen and oxygen atoms in total. The molecule has 0 aliphatic heterocycles. The van der Waals surface area contributed by atoms with E-state index < -0.39 is 17.3 Å². The van der Waals surface area contributed by atoms with Gasteiger partial charge in [-0.2, -0.15) is 0 Å². The van der Waals surface area contributed by atoms with Crippen molar-refractivity contribution in [2.75, 3.05) is 0 Å². The molecule has 0 radical (unpaired) electrons. The van der Waals surface area contributed by atoms with Crippen molar-refractivity contribution in [1.82, 2.24) is 9.55 Å². The zero-order chi connectivity index (χ0) is 8.43. The minimum absolute atomic E-state index is 0. The largest absolute Gasteiger partial charge is 0.464 e. The molecule has 0 atom stereocenters. The third-order valence-corrected chi connectivity index (χ3v) is 1.03. The molecule has 0 saturated carbocycles. The number of hydrogen-bond donors (Lipinski definition) is 2. The third kappa shape index (κ3) is 2.13. The fourth-order valence-corrected chi connectivity index (χ4v) is 0.568. The number of carboxylic acid groups (broad SMARTS) is 1. The van der Waals surface area contributed by atoms with Crippen LogP contribution in [0.3, 0.4) is 0 Å². The Labute approximate surface area is 78.6 Å². The summed E-state index contributed by atoms with van der Waals surface area (Å²) >= 11 is 0. The number of nitrogens with zero attached hydrogens (tertiary/aromatic N) is 1. The van der Waals surface area contributed by atoms with Crippen molar-refractivity contribution in [3.63, 3.8) is 0 Å². The van der Waals surface area contributed by atoms with E-state index in [4.69, 9.17) is 5.11 Å². The predicted octanol–water partition coefficient (Wildman–Crippen LogP) is -0.940. The summed E-state index contributed by atoms with van der Waals surface area (Å²) in [6.45, 7) is 0. The zero-order valence-electron chi connectivity index (χ0n) is 5.98. The van der Waals surface area contributed by atoms with Crippen molar-refractivity contribution >= 4 is 6.09 Å². The Hall–Kier alpha value is -1.23. The van der Waals surface area contributed by atoms with Gasteiger partial charge < -0.3 is 5.11 Å². The van der Waals surface area contributed by atoms with Crippen LogP contribution < -0.4 is 11.2 Å². The molecule has 0 aliphatic rings. The molecule has 1 rings (SSSR count). The van der Waals surface area contributed by atoms with Crippen LogP contribution in [0.15, 0.2) is 21.9 Å². The van der Waals surface area contributed by atoms with E-state index in [2.05, 4.69) is 0 Å². The summed E-state index contributed by atoms with van der Waals surface area (Å²) in [5.74, 6) is 0. The molecule has 1 heterocycles. The van der Waals surface area contributed by atoms with Crippen molar-refractivity contribution < 1.29 is 29.4 Å². The van der Waals surface area contributed by atoms with Crippen molar-refractivity contribution in [2.24, 2.45) is 0 Å². The summed E-state index contributed by atoms with van der Waals surface area (Å²) in [6, 6.07) is 0.954. The second-order valence-electron chi connectivity index (χ2n) is 1.76. The van der Waals surface area contributed by atoms with Gasteiger partial charge in [-0.1, -0.05) is 0 Å². The van der Waals surface area contributed by atoms with E-state index in [-0.39, 0.29) is 19.5 Å². The first kappa shape index (κ1) is 10.8. The van der Waals surface area contributed by atoms with E-state index in [9.17, 15) is 14.4 Å². The molecule has 0 fully saturated rings. The van der Waals surface area contributed by atoms with Gasteiger partial charge in [0.25, 0.3) is 5.56 Å². The van der Waals surface area contributed by atoms with Gasteiger partial charge in [-0.05, 0) is 0 Å². The maximum absolute atomic E-state index is 10.6. The Morgan fingerprint density at radius 3 is 2.50 bits per heavy atom. The van der Waals surface area contributed by atoms with E-state index in [0.717, 1.165) is 12.3 Å². The average Bonchev–Trinajstić information content (AvgIpc) is 1.85. The first-order chi connectivity index (χ1) is 5.11. The average molecular weight is 221 g/mol. The normalized spacial score (nSPS) is 8.67. The Bertz CT molecular complexity index is 393. The molecule has 1 aromatic heterocycles. The molecule has 0 aliphatic carbocycles. The first-order valence-electron chi connectivity index (χ1n) is 2.66. The fourth-order valence-electron chi connectivity index (χ4n) is 0.568. The zero-order valence-corrected chi connectivity index (χ0v) is 8.95. The van der Waals surface area contributed by atoms with Crippen LogP contribution in [0.25, 0.3) is 0 Å². The van der Waals surface area contributed by atoms with E-state index in [1.54, 1.807) is 4.98 Å². The third-order valence-electron chi connectivity index (χ3n) is 1.03. The summed E-state index contributed by atoms with van der Waals surface area (Å²) < 4.78 is 0.376. The molecule has 0 saturated heterocycles. The number of H-pyrrole nitrogens is 1. The smallest absolute Gasteiger partial charge is 0.419 e. The number of aromatic nitrogens is 2. The Morgan fingerprint density at radius 2 is 2.08 bits per heavy atom. The van der Waals surface area contributed by atoms with Crippen LogP contribution in [0.4, 0.5) is 4.79 Å². The second-order valence-corrected chi connectivity index (χ2v) is 1.76. The minimum atomic E-state index is -1.42. The predicted molar refractivity (Wildman–Crippen MR) is 34.7 cm³/mol. The van der Waals surface area contributed by atoms with Gasteiger partial charge in [0.1, 0.15) is 0 Å². The first-order valence-corrected chi connectivity index (χ1v) is 2.66. The molecule has 2 N–H and O–H groups in total. The summed E-state index contributed by atoms with van der Waals surface area (Å²) in [4.78, 5) is 33.0. The van der Waals surface area contributed by atoms with Gasteiger partial charge in [0.15, 0.2) is 0 Å². The Balaban J connectivity index is 0.00000121. The molecule has 7 heteroatoms. The van der Waals surface area contributed by atoms with Gasteiger partial charge in [0.2, 0.25) is 0 Å². The number of carbonyl (C=O) groups is 1. The van der Waals surface area contributed by atoms with Gasteiger partial charge in [-0.25, -0.2) is 14.2 Å². The van der Waals surface area contributed by atoms with Crippen LogP contribution in [0.2, 0.25) is 0 Å². The summed E-state index contributed by atoms with van der Waals surface area (Å²) in [6.07, 6.45) is -0.532. The second kappa shape index (κ2) is 3.97. The number of aromatic amines is 1. The fraction of sp³-hybridized carbons (Fsp3) is 0. The van der Waals surface area contributed by atoms with Crippen molar-refractivity contribution in [2.45, 2.75) is 0 Å². The molecule has 1 aromatic rings. The number of nitrogens with one attached hydrogen (secondary N) is 1. The molecule has 12 heavy (non-hydrogen) atoms. The maximum atomic E-state index is 10.6. The van der Waals surface area contributed by atoms with Crippen LogP contribution in [-0.4, -0.2) is 20.8 Å². The number of rotatable bonds is 0. The summed E-state index contributed by atoms with van der Waals surface area (Å²) in [5.41, 5.74) is -1.57. The monoisotopic (exact) mass is 220 g/mol. The molecule has 0 aromatic carbocycles. The van der Waals surface area contributed by atoms with E-state index >= 15 is 0 Å². The standard InChI is InChI=1S/C5H4N2O4.Zn/c8-3-1-2-7(5(10)11)4(9)6-3;/h1-2H,(H,10,11)(H,6,8,9);. The number of hydrogen-bond acceptors (Lipinski definition) is 3. The minimum Gasteiger partial charge on any atom is -0.464 e. The van der Waals surface area contributed by atoms with Crippen LogP contribution in [0.5, 0.6) is 0 Å². The summed E-state index contributed by atoms with van der Waals surface area (Å²) in [7, 11) is 0. The van der Waals surface area contributed by atoms with Gasteiger partial charge in [-0.15, -0.1) is 0 Å².